The highest BCUT2D eigenvalue weighted by Gasteiger charge is 2.23. The lowest BCUT2D eigenvalue weighted by atomic mass is 10.2. The Morgan fingerprint density at radius 2 is 2.07 bits per heavy atom. The highest BCUT2D eigenvalue weighted by atomic mass is 16.6. The highest BCUT2D eigenvalue weighted by Crippen LogP contribution is 2.18. The van der Waals surface area contributed by atoms with Crippen LogP contribution in [0.5, 0.6) is 0 Å². The van der Waals surface area contributed by atoms with Crippen molar-refractivity contribution in [2.45, 2.75) is 0 Å². The Balaban J connectivity index is 1.84. The third-order valence-electron chi connectivity index (χ3n) is 4.13. The predicted molar refractivity (Wildman–Crippen MR) is 103 cm³/mol. The Hall–Kier alpha value is -2.91. The molecule has 0 aliphatic carbocycles. The molecule has 2 heterocycles. The summed E-state index contributed by atoms with van der Waals surface area (Å²) in [6.45, 7) is 2.64. The number of anilines is 4. The maximum Gasteiger partial charge on any atom is 0.348 e. The second kappa shape index (κ2) is 8.65. The van der Waals surface area contributed by atoms with Crippen LogP contribution in [0.4, 0.5) is 23.1 Å². The van der Waals surface area contributed by atoms with Crippen molar-refractivity contribution in [1.29, 1.82) is 0 Å². The van der Waals surface area contributed by atoms with Gasteiger partial charge in [0, 0.05) is 31.5 Å². The zero-order valence-corrected chi connectivity index (χ0v) is 15.8. The molecule has 1 saturated heterocycles. The molecule has 0 atom stereocenters. The lowest BCUT2D eigenvalue weighted by Gasteiger charge is -2.22. The summed E-state index contributed by atoms with van der Waals surface area (Å²) in [7, 11) is 5.41. The molecule has 0 unspecified atom stereocenters. The zero-order chi connectivity index (χ0) is 19.2. The molecule has 144 valence electrons. The second-order valence-electron chi connectivity index (χ2n) is 6.31. The number of morpholine rings is 1. The standard InChI is InChI=1S/C18H24N6O3/c1-23(2)14-6-4-5-13(11-14)19-17(25)15-12-16(22-26-3)21-18(20-15)24-7-9-27-10-8-24/h4-6,11-12H,7-10H2,1-3H3,(H,19,25)(H,20,21,22)/p+1. The van der Waals surface area contributed by atoms with E-state index in [0.717, 1.165) is 5.69 Å². The Labute approximate surface area is 158 Å². The highest BCUT2D eigenvalue weighted by molar-refractivity contribution is 6.03. The molecule has 1 aromatic carbocycles. The van der Waals surface area contributed by atoms with Gasteiger partial charge in [0.1, 0.15) is 0 Å². The number of aromatic amines is 1. The molecule has 0 radical (unpaired) electrons. The smallest absolute Gasteiger partial charge is 0.348 e. The van der Waals surface area contributed by atoms with Gasteiger partial charge in [0.2, 0.25) is 5.82 Å². The number of rotatable bonds is 6. The van der Waals surface area contributed by atoms with Gasteiger partial charge in [-0.2, -0.15) is 5.48 Å². The number of amides is 1. The van der Waals surface area contributed by atoms with Crippen molar-refractivity contribution in [2.75, 3.05) is 68.1 Å². The molecule has 27 heavy (non-hydrogen) atoms. The van der Waals surface area contributed by atoms with Crippen LogP contribution in [0.3, 0.4) is 0 Å². The van der Waals surface area contributed by atoms with Gasteiger partial charge >= 0.3 is 5.95 Å². The topological polar surface area (TPSA) is 93.1 Å². The van der Waals surface area contributed by atoms with Crippen molar-refractivity contribution in [2.24, 2.45) is 0 Å². The first-order valence-corrected chi connectivity index (χ1v) is 8.71. The maximum absolute atomic E-state index is 12.8. The van der Waals surface area contributed by atoms with Gasteiger partial charge in [0.05, 0.1) is 33.4 Å². The van der Waals surface area contributed by atoms with Gasteiger partial charge in [-0.1, -0.05) is 6.07 Å². The molecule has 9 heteroatoms. The summed E-state index contributed by atoms with van der Waals surface area (Å²) in [6, 6.07) is 9.23. The number of benzene rings is 1. The van der Waals surface area contributed by atoms with Crippen molar-refractivity contribution in [3.8, 4) is 0 Å². The number of nitrogens with one attached hydrogen (secondary N) is 3. The maximum atomic E-state index is 12.8. The Kier molecular flexibility index (Phi) is 6.05. The average molecular weight is 373 g/mol. The summed E-state index contributed by atoms with van der Waals surface area (Å²) in [5.74, 6) is 0.835. The minimum Gasteiger partial charge on any atom is -0.378 e. The van der Waals surface area contributed by atoms with Crippen LogP contribution >= 0.6 is 0 Å². The molecule has 1 aliphatic rings. The van der Waals surface area contributed by atoms with Crippen LogP contribution < -0.4 is 25.6 Å². The predicted octanol–water partition coefficient (Wildman–Crippen LogP) is 1.02. The Bertz CT molecular complexity index is 792. The molecule has 1 fully saturated rings. The number of aromatic nitrogens is 2. The van der Waals surface area contributed by atoms with Gasteiger partial charge in [-0.05, 0) is 18.2 Å². The number of H-pyrrole nitrogens is 1. The largest absolute Gasteiger partial charge is 0.378 e. The fourth-order valence-electron chi connectivity index (χ4n) is 2.73. The van der Waals surface area contributed by atoms with E-state index in [2.05, 4.69) is 20.8 Å². The van der Waals surface area contributed by atoms with Gasteiger partial charge in [-0.3, -0.25) is 9.69 Å². The van der Waals surface area contributed by atoms with Crippen LogP contribution in [-0.2, 0) is 9.57 Å². The van der Waals surface area contributed by atoms with E-state index < -0.39 is 0 Å². The van der Waals surface area contributed by atoms with E-state index in [1.165, 1.54) is 7.11 Å². The fraction of sp³-hybridized carbons (Fsp3) is 0.389. The zero-order valence-electron chi connectivity index (χ0n) is 15.8. The number of carbonyl (C=O) groups is 1. The van der Waals surface area contributed by atoms with Crippen molar-refractivity contribution in [3.05, 3.63) is 36.0 Å². The van der Waals surface area contributed by atoms with Gasteiger partial charge in [0.15, 0.2) is 5.69 Å². The van der Waals surface area contributed by atoms with E-state index in [-0.39, 0.29) is 11.6 Å². The molecule has 0 saturated carbocycles. The first-order chi connectivity index (χ1) is 13.1. The molecule has 3 rings (SSSR count). The number of hydrogen-bond acceptors (Lipinski definition) is 7. The minimum absolute atomic E-state index is 0.282. The summed E-state index contributed by atoms with van der Waals surface area (Å²) in [5, 5.41) is 2.90. The van der Waals surface area contributed by atoms with Gasteiger partial charge in [-0.25, -0.2) is 9.82 Å². The van der Waals surface area contributed by atoms with Crippen LogP contribution in [0.25, 0.3) is 0 Å². The number of nitrogens with zero attached hydrogens (tertiary/aromatic N) is 3. The molecule has 0 bridgehead atoms. The van der Waals surface area contributed by atoms with E-state index in [1.54, 1.807) is 6.07 Å². The SMILES string of the molecule is CONc1cc(C(=O)Nc2cccc(N(C)C)c2)nc(N2CCOCC2)[nH+]1. The third kappa shape index (κ3) is 4.83. The average Bonchev–Trinajstić information content (AvgIpc) is 2.69. The molecule has 2 aromatic rings. The van der Waals surface area contributed by atoms with Gasteiger partial charge < -0.3 is 15.0 Å². The Morgan fingerprint density at radius 1 is 1.30 bits per heavy atom. The van der Waals surface area contributed by atoms with Crippen LogP contribution in [0.15, 0.2) is 30.3 Å². The van der Waals surface area contributed by atoms with E-state index in [1.807, 2.05) is 48.2 Å². The molecule has 1 aliphatic heterocycles. The molecule has 3 N–H and O–H groups in total. The van der Waals surface area contributed by atoms with Crippen molar-refractivity contribution in [1.82, 2.24) is 4.98 Å². The van der Waals surface area contributed by atoms with Crippen molar-refractivity contribution < 1.29 is 19.4 Å². The molecule has 1 amide bonds. The first kappa shape index (κ1) is 18.9. The molecule has 9 nitrogen and oxygen atoms in total. The van der Waals surface area contributed by atoms with E-state index in [4.69, 9.17) is 9.57 Å². The van der Waals surface area contributed by atoms with E-state index in [9.17, 15) is 4.79 Å². The monoisotopic (exact) mass is 373 g/mol. The second-order valence-corrected chi connectivity index (χ2v) is 6.31. The number of carbonyl (C=O) groups excluding carboxylic acids is 1. The van der Waals surface area contributed by atoms with Crippen LogP contribution in [0, 0.1) is 0 Å². The van der Waals surface area contributed by atoms with E-state index >= 15 is 0 Å². The lowest BCUT2D eigenvalue weighted by Crippen LogP contribution is -2.41. The molecular formula is C18H25N6O3+. The minimum atomic E-state index is -0.298. The van der Waals surface area contributed by atoms with Gasteiger partial charge in [-0.15, -0.1) is 4.98 Å². The third-order valence-corrected chi connectivity index (χ3v) is 4.13. The molecule has 1 aromatic heterocycles. The van der Waals surface area contributed by atoms with Crippen molar-refractivity contribution in [3.63, 3.8) is 0 Å². The Morgan fingerprint density at radius 3 is 2.78 bits per heavy atom. The van der Waals surface area contributed by atoms with Crippen LogP contribution in [0.2, 0.25) is 0 Å². The summed E-state index contributed by atoms with van der Waals surface area (Å²) in [6.07, 6.45) is 0. The fourth-order valence-corrected chi connectivity index (χ4v) is 2.73. The molecular weight excluding hydrogens is 348 g/mol. The van der Waals surface area contributed by atoms with Gasteiger partial charge in [0.25, 0.3) is 5.91 Å². The summed E-state index contributed by atoms with van der Waals surface area (Å²) >= 11 is 0. The normalized spacial score (nSPS) is 14.0. The van der Waals surface area contributed by atoms with Crippen LogP contribution in [0.1, 0.15) is 10.5 Å². The summed E-state index contributed by atoms with van der Waals surface area (Å²) in [4.78, 5) is 29.4. The lowest BCUT2D eigenvalue weighted by molar-refractivity contribution is -0.354. The van der Waals surface area contributed by atoms with E-state index in [0.29, 0.717) is 43.8 Å². The van der Waals surface area contributed by atoms with Crippen LogP contribution in [-0.4, -0.2) is 58.4 Å². The van der Waals surface area contributed by atoms with Crippen molar-refractivity contribution >= 4 is 29.0 Å². The number of hydrogen-bond donors (Lipinski definition) is 2. The summed E-state index contributed by atoms with van der Waals surface area (Å²) < 4.78 is 5.38. The summed E-state index contributed by atoms with van der Waals surface area (Å²) in [5.41, 5.74) is 4.71. The number of ether oxygens (including phenoxy) is 1. The molecule has 0 spiro atoms. The first-order valence-electron chi connectivity index (χ1n) is 8.71. The quantitative estimate of drug-likeness (QED) is 0.731.